The molecule has 0 spiro atoms. The minimum atomic E-state index is -0.322. The van der Waals surface area contributed by atoms with Crippen molar-refractivity contribution in [1.29, 1.82) is 17.1 Å². The van der Waals surface area contributed by atoms with E-state index < -0.39 is 0 Å². The molecule has 0 saturated heterocycles. The van der Waals surface area contributed by atoms with E-state index in [1.165, 1.54) is 12.1 Å². The van der Waals surface area contributed by atoms with Crippen LogP contribution in [0.2, 0.25) is 0 Å². The Hall–Kier alpha value is -1.73. The topological polar surface area (TPSA) is 71.4 Å². The normalized spacial score (nSPS) is 7.00. The highest BCUT2D eigenvalue weighted by molar-refractivity contribution is 6.25. The van der Waals surface area contributed by atoms with E-state index in [1.54, 1.807) is 6.07 Å². The van der Waals surface area contributed by atoms with Crippen LogP contribution in [0, 0.1) is 34.0 Å². The van der Waals surface area contributed by atoms with Crippen LogP contribution in [-0.4, -0.2) is 9.15 Å². The summed E-state index contributed by atoms with van der Waals surface area (Å²) in [4.78, 5) is 0. The Morgan fingerprint density at radius 1 is 1.22 bits per heavy atom. The van der Waals surface area contributed by atoms with Crippen LogP contribution in [0.15, 0.2) is 11.0 Å². The van der Waals surface area contributed by atoms with E-state index in [4.69, 9.17) is 17.1 Å². The lowest BCUT2D eigenvalue weighted by molar-refractivity contribution is 1.44. The molecule has 0 N–H and O–H groups in total. The first-order valence-electron chi connectivity index (χ1n) is 2.54. The molecule has 0 aromatic rings. The summed E-state index contributed by atoms with van der Waals surface area (Å²) in [5, 5.41) is 24.5. The molecule has 1 radical (unpaired) electrons. The van der Waals surface area contributed by atoms with Gasteiger partial charge in [0.15, 0.2) is 0 Å². The molecule has 3 nitrogen and oxygen atoms in total. The van der Waals surface area contributed by atoms with Gasteiger partial charge in [0, 0.05) is 5.47 Å². The van der Waals surface area contributed by atoms with Gasteiger partial charge in [0.1, 0.15) is 25.5 Å². The third-order valence-electron chi connectivity index (χ3n) is 0.613. The Labute approximate surface area is 55.2 Å². The number of allylic oxidation sites excluding steroid dienone is 2. The molecule has 4 heteroatoms. The zero-order valence-corrected chi connectivity index (χ0v) is 4.42. The van der Waals surface area contributed by atoms with Gasteiger partial charge in [0.05, 0.1) is 6.07 Å². The summed E-state index contributed by atoms with van der Waals surface area (Å²) in [7, 11) is 0.682. The van der Waals surface area contributed by atoms with Crippen molar-refractivity contribution in [3.05, 3.63) is 11.0 Å². The Bertz CT molecular complexity index is 259. The average Bonchev–Trinajstić information content (AvgIpc) is 2.00. The van der Waals surface area contributed by atoms with Crippen LogP contribution in [-0.2, 0) is 0 Å². The third-order valence-corrected chi connectivity index (χ3v) is 0.613. The fourth-order valence-corrected chi connectivity index (χ4v) is 0.201. The summed E-state index contributed by atoms with van der Waals surface area (Å²) in [5.74, 6) is 0. The third kappa shape index (κ3) is 1.67. The lowest BCUT2D eigenvalue weighted by Crippen LogP contribution is -1.82. The second kappa shape index (κ2) is 3.30. The fraction of sp³-hybridized carbons (Fsp3) is 0. The molecule has 0 heterocycles. The molecule has 0 saturated carbocycles. The monoisotopic (exact) mass is 115 g/mol. The average molecular weight is 115 g/mol. The van der Waals surface area contributed by atoms with Gasteiger partial charge in [-0.2, -0.15) is 15.8 Å². The highest BCUT2D eigenvalue weighted by Gasteiger charge is 1.95. The smallest absolute Gasteiger partial charge is 0.147 e. The van der Waals surface area contributed by atoms with Gasteiger partial charge >= 0.3 is 0 Å². The minimum Gasteiger partial charge on any atom is -0.194 e. The highest BCUT2D eigenvalue weighted by atomic mass is 14.3. The Morgan fingerprint density at radius 3 is 1.89 bits per heavy atom. The van der Waals surface area contributed by atoms with E-state index in [0.29, 0.717) is 7.81 Å². The first-order chi connectivity index (χ1) is 4.79. The lowest BCUT2D eigenvalue weighted by Gasteiger charge is -1.79. The zero-order valence-electron chi connectivity index (χ0n) is 5.42. The van der Waals surface area contributed by atoms with Gasteiger partial charge in [0.25, 0.3) is 0 Å². The SMILES string of the molecule is [2H][B]C(C#N)=C(C#N)C#N. The Balaban J connectivity index is 4.86. The number of hydrogen-bond acceptors (Lipinski definition) is 3. The molecule has 0 fully saturated rings. The van der Waals surface area contributed by atoms with Crippen molar-refractivity contribution in [2.75, 3.05) is 0 Å². The molecule has 0 unspecified atom stereocenters. The second-order valence-corrected chi connectivity index (χ2v) is 1.12. The van der Waals surface area contributed by atoms with Crippen molar-refractivity contribution in [3.63, 3.8) is 0 Å². The number of hydrogen-bond donors (Lipinski definition) is 0. The Morgan fingerprint density at radius 2 is 1.78 bits per heavy atom. The maximum absolute atomic E-state index is 8.20. The summed E-state index contributed by atoms with van der Waals surface area (Å²) in [5.41, 5.74) is -0.525. The van der Waals surface area contributed by atoms with Crippen LogP contribution < -0.4 is 0 Å². The van der Waals surface area contributed by atoms with E-state index >= 15 is 0 Å². The maximum atomic E-state index is 8.20. The van der Waals surface area contributed by atoms with Crippen molar-refractivity contribution >= 4 is 7.81 Å². The molecule has 0 bridgehead atoms. The van der Waals surface area contributed by atoms with Crippen LogP contribution in [0.3, 0.4) is 0 Å². The van der Waals surface area contributed by atoms with E-state index in [2.05, 4.69) is 0 Å². The molecule has 39 valence electrons. The van der Waals surface area contributed by atoms with Crippen LogP contribution in [0.4, 0.5) is 0 Å². The second-order valence-electron chi connectivity index (χ2n) is 1.12. The van der Waals surface area contributed by atoms with Gasteiger partial charge in [-0.3, -0.25) is 0 Å². The van der Waals surface area contributed by atoms with Crippen molar-refractivity contribution in [1.82, 2.24) is 0 Å². The Kier molecular flexibility index (Phi) is 1.98. The molecule has 9 heavy (non-hydrogen) atoms. The van der Waals surface area contributed by atoms with E-state index in [-0.39, 0.29) is 11.0 Å². The molecule has 0 aromatic carbocycles. The number of nitriles is 3. The lowest BCUT2D eigenvalue weighted by atomic mass is 9.93. The van der Waals surface area contributed by atoms with E-state index in [9.17, 15) is 0 Å². The standard InChI is InChI=1S/C5HBN3/c6-5(3-9)4(1-7)2-8/h6H/i6D. The molecule has 0 amide bonds. The molecular weight excluding hydrogens is 113 g/mol. The van der Waals surface area contributed by atoms with Gasteiger partial charge in [-0.05, 0) is 1.34 Å². The van der Waals surface area contributed by atoms with Gasteiger partial charge in [-0.1, -0.05) is 0 Å². The number of rotatable bonds is 1. The fourth-order valence-electron chi connectivity index (χ4n) is 0.201. The largest absolute Gasteiger partial charge is 0.194 e. The van der Waals surface area contributed by atoms with Crippen molar-refractivity contribution in [2.24, 2.45) is 0 Å². The van der Waals surface area contributed by atoms with Gasteiger partial charge in [0.2, 0.25) is 0 Å². The van der Waals surface area contributed by atoms with Crippen LogP contribution in [0.1, 0.15) is 0 Å². The molecule has 0 rings (SSSR count). The molecule has 0 aliphatic rings. The molecule has 0 aromatic heterocycles. The van der Waals surface area contributed by atoms with Gasteiger partial charge < -0.3 is 0 Å². The molecule has 0 aliphatic carbocycles. The highest BCUT2D eigenvalue weighted by Crippen LogP contribution is 1.94. The predicted octanol–water partition coefficient (Wildman–Crippen LogP) is -0.288. The predicted molar refractivity (Wildman–Crippen MR) is 31.0 cm³/mol. The summed E-state index contributed by atoms with van der Waals surface area (Å²) in [6.45, 7) is 0. The summed E-state index contributed by atoms with van der Waals surface area (Å²) in [6.07, 6.45) is 0. The van der Waals surface area contributed by atoms with Gasteiger partial charge in [-0.15, -0.1) is 0 Å². The van der Waals surface area contributed by atoms with Crippen LogP contribution in [0.5, 0.6) is 0 Å². The first-order valence-corrected chi connectivity index (χ1v) is 1.96. The summed E-state index contributed by atoms with van der Waals surface area (Å²) < 4.78 is 6.59. The van der Waals surface area contributed by atoms with Crippen molar-refractivity contribution < 1.29 is 0 Å². The minimum absolute atomic E-state index is 0.204. The summed E-state index contributed by atoms with van der Waals surface area (Å²) >= 11 is 0. The first kappa shape index (κ1) is 5.41. The zero-order chi connectivity index (χ0) is 7.98. The molecule has 0 atom stereocenters. The van der Waals surface area contributed by atoms with Crippen molar-refractivity contribution in [3.8, 4) is 18.2 Å². The molecule has 0 aliphatic heterocycles. The summed E-state index contributed by atoms with van der Waals surface area (Å²) in [6, 6.07) is 4.54. The van der Waals surface area contributed by atoms with E-state index in [0.717, 1.165) is 0 Å². The van der Waals surface area contributed by atoms with Crippen LogP contribution in [0.25, 0.3) is 0 Å². The van der Waals surface area contributed by atoms with Gasteiger partial charge in [-0.25, -0.2) is 0 Å². The van der Waals surface area contributed by atoms with Crippen LogP contribution >= 0.6 is 0 Å². The number of nitrogens with zero attached hydrogens (tertiary/aromatic N) is 3. The van der Waals surface area contributed by atoms with E-state index in [1.807, 2.05) is 0 Å². The maximum Gasteiger partial charge on any atom is 0.147 e. The molecular formula is C5HBN3. The quantitative estimate of drug-likeness (QED) is 0.348. The van der Waals surface area contributed by atoms with Crippen molar-refractivity contribution in [2.45, 2.75) is 0 Å².